The van der Waals surface area contributed by atoms with Gasteiger partial charge in [-0.15, -0.1) is 0 Å². The van der Waals surface area contributed by atoms with Crippen LogP contribution in [0.3, 0.4) is 0 Å². The Hall–Kier alpha value is -2.09. The lowest BCUT2D eigenvalue weighted by molar-refractivity contribution is -0.115. The molecule has 0 bridgehead atoms. The minimum Gasteiger partial charge on any atom is -0.359 e. The van der Waals surface area contributed by atoms with Crippen molar-refractivity contribution in [2.45, 2.75) is 30.7 Å². The van der Waals surface area contributed by atoms with Crippen LogP contribution in [0.15, 0.2) is 47.4 Å². The number of hydrogen-bond donors (Lipinski definition) is 1. The zero-order valence-electron chi connectivity index (χ0n) is 16.1. The fraction of sp³-hybridized carbons (Fsp3) is 0.350. The number of para-hydroxylation sites is 1. The second kappa shape index (κ2) is 8.11. The molecule has 0 saturated heterocycles. The first kappa shape index (κ1) is 20.6. The molecule has 0 spiro atoms. The summed E-state index contributed by atoms with van der Waals surface area (Å²) in [5.41, 5.74) is 2.57. The van der Waals surface area contributed by atoms with Crippen LogP contribution in [0.4, 0.5) is 11.4 Å². The van der Waals surface area contributed by atoms with E-state index in [1.54, 1.807) is 0 Å². The lowest BCUT2D eigenvalue weighted by Gasteiger charge is -2.36. The van der Waals surface area contributed by atoms with Gasteiger partial charge in [-0.2, -0.15) is 0 Å². The number of nitrogens with one attached hydrogen (secondary N) is 1. The fourth-order valence-corrected chi connectivity index (χ4v) is 4.41. The van der Waals surface area contributed by atoms with E-state index in [1.807, 2.05) is 18.2 Å². The number of rotatable bonds is 5. The Balaban J connectivity index is 1.81. The highest BCUT2D eigenvalue weighted by Gasteiger charge is 2.25. The molecular weight excluding hydrogens is 398 g/mol. The lowest BCUT2D eigenvalue weighted by Crippen LogP contribution is -2.42. The number of nitrogens with zero attached hydrogens (tertiary/aromatic N) is 2. The van der Waals surface area contributed by atoms with Crippen molar-refractivity contribution in [3.63, 3.8) is 0 Å². The molecule has 3 rings (SSSR count). The highest BCUT2D eigenvalue weighted by molar-refractivity contribution is 7.89. The standard InChI is InChI=1S/C20H24ClN3O3S/c1-14-8-9-15-6-4-5-7-19(15)24(14)13-20(25)22-18-12-16(10-11-17(18)21)28(26,27)23(2)3/h4-7,10-12,14H,8-9,13H2,1-3H3,(H,22,25)/t14-/m0/s1. The molecule has 8 heteroatoms. The molecule has 0 aromatic heterocycles. The Bertz CT molecular complexity index is 992. The van der Waals surface area contributed by atoms with Crippen LogP contribution >= 0.6 is 11.6 Å². The third-order valence-corrected chi connectivity index (χ3v) is 7.11. The van der Waals surface area contributed by atoms with Crippen molar-refractivity contribution in [2.24, 2.45) is 0 Å². The first-order valence-electron chi connectivity index (χ1n) is 9.06. The molecule has 1 heterocycles. The van der Waals surface area contributed by atoms with Gasteiger partial charge < -0.3 is 10.2 Å². The molecule has 2 aromatic rings. The van der Waals surface area contributed by atoms with Crippen molar-refractivity contribution in [1.29, 1.82) is 0 Å². The van der Waals surface area contributed by atoms with Gasteiger partial charge in [0.1, 0.15) is 0 Å². The predicted octanol–water partition coefficient (Wildman–Crippen LogP) is 3.37. The number of fused-ring (bicyclic) bond motifs is 1. The van der Waals surface area contributed by atoms with Crippen LogP contribution < -0.4 is 10.2 Å². The van der Waals surface area contributed by atoms with Gasteiger partial charge in [0.05, 0.1) is 22.2 Å². The van der Waals surface area contributed by atoms with Crippen LogP contribution in [0.5, 0.6) is 0 Å². The monoisotopic (exact) mass is 421 g/mol. The van der Waals surface area contributed by atoms with Gasteiger partial charge in [-0.3, -0.25) is 4.79 Å². The number of sulfonamides is 1. The summed E-state index contributed by atoms with van der Waals surface area (Å²) in [5.74, 6) is -0.246. The van der Waals surface area contributed by atoms with E-state index < -0.39 is 10.0 Å². The molecule has 6 nitrogen and oxygen atoms in total. The Kier molecular flexibility index (Phi) is 5.98. The number of halogens is 1. The summed E-state index contributed by atoms with van der Waals surface area (Å²) >= 11 is 6.19. The number of anilines is 2. The molecule has 1 aliphatic heterocycles. The fourth-order valence-electron chi connectivity index (χ4n) is 3.32. The van der Waals surface area contributed by atoms with Gasteiger partial charge in [0.2, 0.25) is 15.9 Å². The Morgan fingerprint density at radius 3 is 2.68 bits per heavy atom. The average molecular weight is 422 g/mol. The summed E-state index contributed by atoms with van der Waals surface area (Å²) in [6, 6.07) is 12.6. The van der Waals surface area contributed by atoms with Gasteiger partial charge in [-0.25, -0.2) is 12.7 Å². The number of hydrogen-bond acceptors (Lipinski definition) is 4. The summed E-state index contributed by atoms with van der Waals surface area (Å²) in [5, 5.41) is 3.05. The van der Waals surface area contributed by atoms with E-state index in [1.165, 1.54) is 37.9 Å². The Labute approximate surface area is 171 Å². The van der Waals surface area contributed by atoms with Crippen molar-refractivity contribution in [3.05, 3.63) is 53.1 Å². The largest absolute Gasteiger partial charge is 0.359 e. The maximum absolute atomic E-state index is 12.7. The van der Waals surface area contributed by atoms with Crippen molar-refractivity contribution in [1.82, 2.24) is 4.31 Å². The van der Waals surface area contributed by atoms with E-state index in [9.17, 15) is 13.2 Å². The lowest BCUT2D eigenvalue weighted by atomic mass is 9.96. The van der Waals surface area contributed by atoms with Gasteiger partial charge in [-0.05, 0) is 49.6 Å². The van der Waals surface area contributed by atoms with Gasteiger partial charge in [0.25, 0.3) is 0 Å². The maximum atomic E-state index is 12.7. The van der Waals surface area contributed by atoms with Crippen LogP contribution in [0.25, 0.3) is 0 Å². The van der Waals surface area contributed by atoms with Crippen LogP contribution in [0, 0.1) is 0 Å². The smallest absolute Gasteiger partial charge is 0.243 e. The molecular formula is C20H24ClN3O3S. The molecule has 0 radical (unpaired) electrons. The number of aryl methyl sites for hydroxylation is 1. The summed E-state index contributed by atoms with van der Waals surface area (Å²) in [6.45, 7) is 2.26. The first-order valence-corrected chi connectivity index (χ1v) is 10.9. The van der Waals surface area contributed by atoms with E-state index in [-0.39, 0.29) is 34.1 Å². The molecule has 150 valence electrons. The topological polar surface area (TPSA) is 69.7 Å². The van der Waals surface area contributed by atoms with Crippen LogP contribution in [-0.4, -0.2) is 45.3 Å². The first-order chi connectivity index (χ1) is 13.2. The summed E-state index contributed by atoms with van der Waals surface area (Å²) in [6.07, 6.45) is 1.97. The summed E-state index contributed by atoms with van der Waals surface area (Å²) < 4.78 is 25.8. The van der Waals surface area contributed by atoms with E-state index >= 15 is 0 Å². The third-order valence-electron chi connectivity index (χ3n) is 4.97. The molecule has 1 aliphatic rings. The number of amides is 1. The van der Waals surface area contributed by atoms with E-state index in [4.69, 9.17) is 11.6 Å². The zero-order chi connectivity index (χ0) is 20.5. The van der Waals surface area contributed by atoms with E-state index in [0.717, 1.165) is 22.8 Å². The molecule has 0 saturated carbocycles. The van der Waals surface area contributed by atoms with Crippen molar-refractivity contribution < 1.29 is 13.2 Å². The zero-order valence-corrected chi connectivity index (χ0v) is 17.7. The van der Waals surface area contributed by atoms with Crippen LogP contribution in [0.2, 0.25) is 5.02 Å². The second-order valence-electron chi connectivity index (χ2n) is 7.12. The number of carbonyl (C=O) groups excluding carboxylic acids is 1. The quantitative estimate of drug-likeness (QED) is 0.803. The minimum absolute atomic E-state index is 0.0777. The molecule has 1 amide bonds. The SMILES string of the molecule is C[C@H]1CCc2ccccc2N1CC(=O)Nc1cc(S(=O)(=O)N(C)C)ccc1Cl. The average Bonchev–Trinajstić information content (AvgIpc) is 2.65. The molecule has 0 unspecified atom stereocenters. The highest BCUT2D eigenvalue weighted by atomic mass is 35.5. The summed E-state index contributed by atoms with van der Waals surface area (Å²) in [4.78, 5) is 14.9. The third kappa shape index (κ3) is 4.16. The molecule has 1 N–H and O–H groups in total. The van der Waals surface area contributed by atoms with Gasteiger partial charge in [0, 0.05) is 25.8 Å². The van der Waals surface area contributed by atoms with Gasteiger partial charge in [-0.1, -0.05) is 29.8 Å². The van der Waals surface area contributed by atoms with Crippen LogP contribution in [0.1, 0.15) is 18.9 Å². The van der Waals surface area contributed by atoms with Gasteiger partial charge in [0.15, 0.2) is 0 Å². The highest BCUT2D eigenvalue weighted by Crippen LogP contribution is 2.31. The summed E-state index contributed by atoms with van der Waals surface area (Å²) in [7, 11) is -0.703. The van der Waals surface area contributed by atoms with E-state index in [0.29, 0.717) is 0 Å². The molecule has 28 heavy (non-hydrogen) atoms. The van der Waals surface area contributed by atoms with E-state index in [2.05, 4.69) is 23.2 Å². The number of benzene rings is 2. The second-order valence-corrected chi connectivity index (χ2v) is 9.68. The number of carbonyl (C=O) groups is 1. The normalized spacial score (nSPS) is 16.8. The molecule has 0 fully saturated rings. The van der Waals surface area contributed by atoms with Crippen molar-refractivity contribution in [2.75, 3.05) is 30.9 Å². The minimum atomic E-state index is -3.61. The van der Waals surface area contributed by atoms with Crippen molar-refractivity contribution in [3.8, 4) is 0 Å². The Morgan fingerprint density at radius 1 is 1.25 bits per heavy atom. The molecule has 2 aromatic carbocycles. The predicted molar refractivity (Wildman–Crippen MR) is 113 cm³/mol. The maximum Gasteiger partial charge on any atom is 0.243 e. The Morgan fingerprint density at radius 2 is 1.96 bits per heavy atom. The van der Waals surface area contributed by atoms with Crippen LogP contribution in [-0.2, 0) is 21.2 Å². The van der Waals surface area contributed by atoms with Gasteiger partial charge >= 0.3 is 0 Å². The molecule has 1 atom stereocenters. The van der Waals surface area contributed by atoms with Crippen molar-refractivity contribution >= 4 is 38.9 Å². The molecule has 0 aliphatic carbocycles.